The Morgan fingerprint density at radius 3 is 0.551 bits per heavy atom. The molecule has 0 aromatic heterocycles. The maximum atomic E-state index is 10.3. The zero-order valence-electron chi connectivity index (χ0n) is 52.8. The van der Waals surface area contributed by atoms with Gasteiger partial charge in [-0.1, -0.05) is 335 Å². The Balaban J connectivity index is -0.000000220. The number of aliphatic carboxylic acids is 4. The Kier molecular flexibility index (Phi) is 96.2. The van der Waals surface area contributed by atoms with Gasteiger partial charge in [0.2, 0.25) is 0 Å². The van der Waals surface area contributed by atoms with E-state index in [1.165, 1.54) is 289 Å². The van der Waals surface area contributed by atoms with Gasteiger partial charge < -0.3 is 34.8 Å². The van der Waals surface area contributed by atoms with Crippen LogP contribution in [0.3, 0.4) is 0 Å². The summed E-state index contributed by atoms with van der Waals surface area (Å²) in [5.74, 6) is -3.38. The number of rotatable bonds is 59. The molecule has 1 radical (unpaired) electrons. The number of unbranched alkanes of at least 4 members (excludes halogenated alkanes) is 49. The number of hydrogen-bond donors (Lipinski definition) is 1. The van der Waals surface area contributed by atoms with Crippen LogP contribution in [0.2, 0.25) is 0 Å². The van der Waals surface area contributed by atoms with Crippen molar-refractivity contribution in [2.24, 2.45) is 0 Å². The van der Waals surface area contributed by atoms with Gasteiger partial charge in [0.1, 0.15) is 0 Å². The fraction of sp³-hybridized carbons (Fsp3) is 0.912. The van der Waals surface area contributed by atoms with E-state index in [1.54, 1.807) is 0 Å². The van der Waals surface area contributed by atoms with Crippen LogP contribution >= 0.6 is 0 Å². The van der Waals surface area contributed by atoms with Crippen LogP contribution in [0.5, 0.6) is 0 Å². The van der Waals surface area contributed by atoms with E-state index in [-0.39, 0.29) is 65.6 Å². The third-order valence-electron chi connectivity index (χ3n) is 14.6. The SMILES string of the molecule is CCCCCCCC/C=C\CCCCCCCC(=O)[O-].CCCCCCCCCCCCCC(=O)O.CCCCCCCCCCCCCCCCCC(=O)[O-].CCCCCCCCCCCCCCCCCC(=O)[O-].[Co+2].[Na+]. The summed E-state index contributed by atoms with van der Waals surface area (Å²) in [5, 5.41) is 39.1. The van der Waals surface area contributed by atoms with Crippen molar-refractivity contribution in [2.45, 2.75) is 400 Å². The van der Waals surface area contributed by atoms with Gasteiger partial charge in [0.05, 0.1) is 0 Å². The number of carboxylic acids is 4. The molecule has 0 aliphatic heterocycles. The molecular formula is C68H131CoNaO8. The predicted octanol–water partition coefficient (Wildman–Crippen LogP) is 16.5. The fourth-order valence-electron chi connectivity index (χ4n) is 9.56. The standard InChI is InChI=1S/2C18H36O2.C18H34O2.C14H28O2.Co.Na/c3*1-2-3-4-5-6-7-8-9-10-11-12-13-14-15-16-17-18(19)20;1-2-3-4-5-6-7-8-9-10-11-12-13-14(15)16;;/h2*2-17H2,1H3,(H,19,20);9-10H,2-8,11-17H2,1H3,(H,19,20);2-13H2,1H3,(H,15,16);;/q;;;;+2;+1/p-3/b;;10-9-;;;. The van der Waals surface area contributed by atoms with Crippen molar-refractivity contribution in [3.63, 3.8) is 0 Å². The van der Waals surface area contributed by atoms with Gasteiger partial charge >= 0.3 is 52.3 Å². The van der Waals surface area contributed by atoms with Crippen LogP contribution in [-0.2, 0) is 36.0 Å². The van der Waals surface area contributed by atoms with E-state index in [1.807, 2.05) is 0 Å². The minimum Gasteiger partial charge on any atom is -0.550 e. The Labute approximate surface area is 518 Å². The van der Waals surface area contributed by atoms with Crippen molar-refractivity contribution in [3.05, 3.63) is 12.2 Å². The van der Waals surface area contributed by atoms with E-state index in [2.05, 4.69) is 39.8 Å². The van der Waals surface area contributed by atoms with Crippen molar-refractivity contribution in [3.8, 4) is 0 Å². The molecule has 0 bridgehead atoms. The van der Waals surface area contributed by atoms with Gasteiger partial charge in [-0.25, -0.2) is 0 Å². The van der Waals surface area contributed by atoms with Crippen LogP contribution in [0.1, 0.15) is 400 Å². The molecule has 0 aromatic rings. The van der Waals surface area contributed by atoms with Crippen LogP contribution in [-0.4, -0.2) is 29.0 Å². The molecule has 0 saturated carbocycles. The molecule has 0 fully saturated rings. The molecule has 0 atom stereocenters. The maximum Gasteiger partial charge on any atom is 2.00 e. The first-order chi connectivity index (χ1) is 37.1. The first kappa shape index (κ1) is 88.4. The van der Waals surface area contributed by atoms with Gasteiger partial charge in [-0.05, 0) is 70.6 Å². The zero-order valence-corrected chi connectivity index (χ0v) is 55.8. The van der Waals surface area contributed by atoms with Gasteiger partial charge in [0.15, 0.2) is 0 Å². The molecule has 0 aliphatic carbocycles. The minimum absolute atomic E-state index is 0. The van der Waals surface area contributed by atoms with Crippen LogP contribution in [0.4, 0.5) is 0 Å². The number of carboxylic acid groups (broad SMARTS) is 4. The summed E-state index contributed by atoms with van der Waals surface area (Å²) in [4.78, 5) is 40.9. The number of hydrogen-bond acceptors (Lipinski definition) is 7. The molecule has 10 heteroatoms. The third kappa shape index (κ3) is 104. The summed E-state index contributed by atoms with van der Waals surface area (Å²) in [6.07, 6.45) is 75.0. The second kappa shape index (κ2) is 84.9. The molecule has 0 aromatic carbocycles. The van der Waals surface area contributed by atoms with Crippen LogP contribution in [0.25, 0.3) is 0 Å². The van der Waals surface area contributed by atoms with Crippen molar-refractivity contribution in [1.29, 1.82) is 0 Å². The molecule has 78 heavy (non-hydrogen) atoms. The molecule has 0 heterocycles. The van der Waals surface area contributed by atoms with Crippen molar-refractivity contribution < 1.29 is 85.9 Å². The molecule has 0 saturated heterocycles. The summed E-state index contributed by atoms with van der Waals surface area (Å²) in [6.45, 7) is 9.04. The van der Waals surface area contributed by atoms with Crippen molar-refractivity contribution in [1.82, 2.24) is 0 Å². The Morgan fingerprint density at radius 2 is 0.397 bits per heavy atom. The number of allylic oxidation sites excluding steroid dienone is 2. The first-order valence-electron chi connectivity index (χ1n) is 33.5. The monoisotopic (exact) mass is 1160 g/mol. The number of carbonyl (C=O) groups is 4. The molecule has 1 N–H and O–H groups in total. The summed E-state index contributed by atoms with van der Waals surface area (Å²) < 4.78 is 0. The van der Waals surface area contributed by atoms with Gasteiger partial charge in [-0.3, -0.25) is 4.79 Å². The summed E-state index contributed by atoms with van der Waals surface area (Å²) in [7, 11) is 0. The van der Waals surface area contributed by atoms with E-state index < -0.39 is 23.9 Å². The van der Waals surface area contributed by atoms with Gasteiger partial charge in [-0.15, -0.1) is 0 Å². The quantitative estimate of drug-likeness (QED) is 0.0358. The second-order valence-electron chi connectivity index (χ2n) is 22.5. The van der Waals surface area contributed by atoms with E-state index in [0.717, 1.165) is 57.8 Å². The molecule has 0 spiro atoms. The van der Waals surface area contributed by atoms with Crippen molar-refractivity contribution >= 4 is 23.9 Å². The van der Waals surface area contributed by atoms with Crippen LogP contribution in [0.15, 0.2) is 12.2 Å². The van der Waals surface area contributed by atoms with Crippen molar-refractivity contribution in [2.75, 3.05) is 0 Å². The van der Waals surface area contributed by atoms with Crippen LogP contribution in [0, 0.1) is 0 Å². The Hall–Kier alpha value is -0.874. The second-order valence-corrected chi connectivity index (χ2v) is 22.5. The van der Waals surface area contributed by atoms with E-state index >= 15 is 0 Å². The van der Waals surface area contributed by atoms with E-state index in [4.69, 9.17) is 5.11 Å². The fourth-order valence-corrected chi connectivity index (χ4v) is 9.56. The topological polar surface area (TPSA) is 158 Å². The maximum absolute atomic E-state index is 10.3. The smallest absolute Gasteiger partial charge is 0.550 e. The molecule has 0 unspecified atom stereocenters. The Morgan fingerprint density at radius 1 is 0.256 bits per heavy atom. The molecule has 0 aliphatic rings. The zero-order chi connectivity index (χ0) is 56.7. The normalized spacial score (nSPS) is 10.6. The summed E-state index contributed by atoms with van der Waals surface area (Å²) in [5.41, 5.74) is 0. The summed E-state index contributed by atoms with van der Waals surface area (Å²) >= 11 is 0. The van der Waals surface area contributed by atoms with Crippen LogP contribution < -0.4 is 44.9 Å². The average Bonchev–Trinajstić information content (AvgIpc) is 3.39. The van der Waals surface area contributed by atoms with E-state index in [0.29, 0.717) is 6.42 Å². The average molecular weight is 1160 g/mol. The molecule has 0 amide bonds. The Bertz CT molecular complexity index is 1110. The molecular weight excluding hydrogens is 1030 g/mol. The summed E-state index contributed by atoms with van der Waals surface area (Å²) in [6, 6.07) is 0. The van der Waals surface area contributed by atoms with E-state index in [9.17, 15) is 34.5 Å². The molecule has 0 rings (SSSR count). The van der Waals surface area contributed by atoms with Gasteiger partial charge in [-0.2, -0.15) is 0 Å². The molecule has 461 valence electrons. The number of carbonyl (C=O) groups excluding carboxylic acids is 3. The van der Waals surface area contributed by atoms with Gasteiger partial charge in [0.25, 0.3) is 0 Å². The third-order valence-corrected chi connectivity index (χ3v) is 14.6. The minimum atomic E-state index is -0.914. The predicted molar refractivity (Wildman–Crippen MR) is 322 cm³/mol. The largest absolute Gasteiger partial charge is 2.00 e. The van der Waals surface area contributed by atoms with Gasteiger partial charge in [0, 0.05) is 24.3 Å². The molecule has 8 nitrogen and oxygen atoms in total. The first-order valence-corrected chi connectivity index (χ1v) is 33.5.